The van der Waals surface area contributed by atoms with Gasteiger partial charge in [-0.25, -0.2) is 42.7 Å². The van der Waals surface area contributed by atoms with Crippen LogP contribution in [0.25, 0.3) is 0 Å². The molecule has 0 radical (unpaired) electrons. The Balaban J connectivity index is -0.000000173. The molecule has 1 aliphatic carbocycles. The van der Waals surface area contributed by atoms with E-state index in [4.69, 9.17) is 44.8 Å². The Morgan fingerprint density at radius 1 is 0.353 bits per heavy atom. The predicted octanol–water partition coefficient (Wildman–Crippen LogP) is -2.72. The van der Waals surface area contributed by atoms with Gasteiger partial charge in [-0.05, 0) is 19.3 Å². The van der Waals surface area contributed by atoms with Crippen molar-refractivity contribution in [3.05, 3.63) is 42.7 Å². The smallest absolute Gasteiger partial charge is 0.0976 e. The Morgan fingerprint density at radius 3 is 0.667 bits per heavy atom. The van der Waals surface area contributed by atoms with Crippen LogP contribution in [0.3, 0.4) is 0 Å². The van der Waals surface area contributed by atoms with Crippen LogP contribution >= 0.6 is 0 Å². The van der Waals surface area contributed by atoms with Crippen molar-refractivity contribution in [3.8, 4) is 0 Å². The van der Waals surface area contributed by atoms with Gasteiger partial charge >= 0.3 is 0 Å². The molecule has 300 valence electrons. The van der Waals surface area contributed by atoms with E-state index in [0.717, 1.165) is 0 Å². The SMILES string of the molecule is [CH2-]OCC(O)CO.[CH2-]OCC(O)CO.[CH2-]OCC(O)CO.[CH2-]OCC(O)COC1CC(OCC(O)CO[CH2-])CC(OCC(O)CO[CH2-])C1.[Rf].[Rf].[Rf]. The molecule has 1 aliphatic rings. The average molecular weight is 1510 g/mol. The largest absolute Gasteiger partial charge is 0.553 e. The van der Waals surface area contributed by atoms with Crippen molar-refractivity contribution in [3.63, 3.8) is 0 Å². The van der Waals surface area contributed by atoms with Gasteiger partial charge in [-0.15, -0.1) is 0 Å². The number of aliphatic hydroxyl groups is 9. The molecule has 6 atom stereocenters. The van der Waals surface area contributed by atoms with E-state index in [1.807, 2.05) is 0 Å². The molecule has 21 heteroatoms. The Labute approximate surface area is 285 Å². The van der Waals surface area contributed by atoms with Crippen LogP contribution in [0.2, 0.25) is 0 Å². The standard InChI is InChI=1S/C18H33O9.3C4H9O3.3Rf/c1-22-7-13(19)10-25-16-4-17(26-11-14(20)8-23-2)6-18(5-16)27-12-15(21)9-24-3;3*1-7-3-4(6)2-5;;;/h13-21H,1-12H2;3*4-6H,1-3H2;;;/q-3;3*-1;;;. The van der Waals surface area contributed by atoms with Crippen molar-refractivity contribution in [1.29, 1.82) is 0 Å². The predicted molar refractivity (Wildman–Crippen MR) is 168 cm³/mol. The van der Waals surface area contributed by atoms with Crippen molar-refractivity contribution in [1.82, 2.24) is 0 Å². The van der Waals surface area contributed by atoms with Gasteiger partial charge in [-0.1, -0.05) is 0 Å². The second-order valence-electron chi connectivity index (χ2n) is 10.3. The summed E-state index contributed by atoms with van der Waals surface area (Å²) in [6, 6.07) is 0. The normalized spacial score (nSPS) is 19.9. The molecule has 1 fully saturated rings. The van der Waals surface area contributed by atoms with Gasteiger partial charge in [-0.3, -0.25) is 0 Å². The molecule has 1 saturated carbocycles. The molecule has 0 saturated heterocycles. The zero-order valence-corrected chi connectivity index (χ0v) is 49.1. The molecule has 0 bridgehead atoms. The molecule has 1 rings (SSSR count). The fourth-order valence-electron chi connectivity index (χ4n) is 3.44. The van der Waals surface area contributed by atoms with Gasteiger partial charge in [0.15, 0.2) is 0 Å². The van der Waals surface area contributed by atoms with E-state index in [-0.39, 0.29) is 97.6 Å². The van der Waals surface area contributed by atoms with E-state index < -0.39 is 36.6 Å². The first-order valence-corrected chi connectivity index (χ1v) is 14.9. The van der Waals surface area contributed by atoms with Crippen LogP contribution in [-0.4, -0.2) is 180 Å². The van der Waals surface area contributed by atoms with Crippen LogP contribution in [0.4, 0.5) is 0 Å². The third kappa shape index (κ3) is 40.6. The molecule has 0 aromatic rings. The maximum absolute atomic E-state index is 9.72. The van der Waals surface area contributed by atoms with Crippen LogP contribution in [0.5, 0.6) is 0 Å². The molecule has 0 amide bonds. The van der Waals surface area contributed by atoms with Crippen molar-refractivity contribution in [2.75, 3.05) is 79.3 Å². The summed E-state index contributed by atoms with van der Waals surface area (Å²) in [5, 5.41) is 78.8. The number of hydrogen-bond acceptors (Lipinski definition) is 18. The summed E-state index contributed by atoms with van der Waals surface area (Å²) < 4.78 is 43.9. The fraction of sp³-hybridized carbons (Fsp3) is 0.800. The molecular weight excluding hydrogens is 1450 g/mol. The third-order valence-corrected chi connectivity index (χ3v) is 5.64. The number of hydrogen-bond donors (Lipinski definition) is 9. The monoisotopic (exact) mass is 1510 g/mol. The van der Waals surface area contributed by atoms with Crippen LogP contribution in [0.1, 0.15) is 19.3 Å². The van der Waals surface area contributed by atoms with Crippen LogP contribution in [0, 0.1) is 42.7 Å². The Morgan fingerprint density at radius 2 is 0.529 bits per heavy atom. The molecule has 9 N–H and O–H groups in total. The summed E-state index contributed by atoms with van der Waals surface area (Å²) in [6.07, 6.45) is -3.45. The molecule has 0 aromatic heterocycles. The summed E-state index contributed by atoms with van der Waals surface area (Å²) in [6.45, 7) is 0.0496. The van der Waals surface area contributed by atoms with E-state index >= 15 is 0 Å². The van der Waals surface area contributed by atoms with E-state index in [0.29, 0.717) is 19.3 Å². The van der Waals surface area contributed by atoms with Crippen molar-refractivity contribution in [2.24, 2.45) is 0 Å². The Hall–Kier alpha value is -3.72. The molecular formula is C30H60O18Rf3-6. The molecule has 0 spiro atoms. The summed E-state index contributed by atoms with van der Waals surface area (Å²) >= 11 is 0. The second kappa shape index (κ2) is 42.4. The topological polar surface area (TPSA) is 265 Å². The maximum Gasteiger partial charge on any atom is 0.0976 e. The first-order chi connectivity index (χ1) is 22.9. The minimum atomic E-state index is -0.780. The van der Waals surface area contributed by atoms with Crippen molar-refractivity contribution in [2.45, 2.75) is 74.2 Å². The quantitative estimate of drug-likeness (QED) is 0.0445. The fourth-order valence-corrected chi connectivity index (χ4v) is 3.44. The zero-order chi connectivity index (χ0) is 37.2. The first-order valence-electron chi connectivity index (χ1n) is 14.9. The third-order valence-electron chi connectivity index (χ3n) is 5.64. The number of aliphatic hydroxyl groups excluding tert-OH is 9. The van der Waals surface area contributed by atoms with Crippen LogP contribution in [-0.2, 0) is 42.6 Å². The van der Waals surface area contributed by atoms with Crippen molar-refractivity contribution >= 4 is 0 Å². The zero-order valence-electron chi connectivity index (χ0n) is 29.9. The average Bonchev–Trinajstić information content (AvgIpc) is 3.07. The molecule has 51 heavy (non-hydrogen) atoms. The van der Waals surface area contributed by atoms with Crippen molar-refractivity contribution < 1.29 is 88.6 Å². The van der Waals surface area contributed by atoms with Gasteiger partial charge in [0.2, 0.25) is 0 Å². The van der Waals surface area contributed by atoms with E-state index in [9.17, 15) is 15.3 Å². The molecule has 0 aromatic carbocycles. The van der Waals surface area contributed by atoms with Gasteiger partial charge in [-0.2, -0.15) is 0 Å². The summed E-state index contributed by atoms with van der Waals surface area (Å²) in [4.78, 5) is 0. The molecule has 18 nitrogen and oxygen atoms in total. The Bertz CT molecular complexity index is 554. The minimum absolute atomic E-state index is 0. The first kappa shape index (κ1) is 59.4. The van der Waals surface area contributed by atoms with Gasteiger partial charge in [0.25, 0.3) is 0 Å². The minimum Gasteiger partial charge on any atom is -0.553 e. The molecule has 6 unspecified atom stereocenters. The second-order valence-corrected chi connectivity index (χ2v) is 10.3. The van der Waals surface area contributed by atoms with E-state index in [2.05, 4.69) is 71.1 Å². The van der Waals surface area contributed by atoms with E-state index in [1.165, 1.54) is 0 Å². The van der Waals surface area contributed by atoms with Gasteiger partial charge in [0, 0.05) is 39.6 Å². The number of ether oxygens (including phenoxy) is 9. The van der Waals surface area contributed by atoms with Gasteiger partial charge in [0.1, 0.15) is 0 Å². The molecule has 0 aliphatic heterocycles. The van der Waals surface area contributed by atoms with Gasteiger partial charge < -0.3 is 88.6 Å². The van der Waals surface area contributed by atoms with Gasteiger partial charge in [0.05, 0.1) is 94.6 Å². The molecule has 0 heterocycles. The van der Waals surface area contributed by atoms with Crippen LogP contribution in [0.15, 0.2) is 0 Å². The summed E-state index contributed by atoms with van der Waals surface area (Å²) in [7, 11) is 18.7. The number of rotatable bonds is 24. The maximum atomic E-state index is 9.72. The Kier molecular flexibility index (Phi) is 49.5. The summed E-state index contributed by atoms with van der Waals surface area (Å²) in [5.74, 6) is 0. The summed E-state index contributed by atoms with van der Waals surface area (Å²) in [5.41, 5.74) is 0. The van der Waals surface area contributed by atoms with Crippen LogP contribution < -0.4 is 0 Å². The van der Waals surface area contributed by atoms with E-state index in [1.54, 1.807) is 0 Å².